The van der Waals surface area contributed by atoms with E-state index in [-0.39, 0.29) is 25.7 Å². The van der Waals surface area contributed by atoms with Crippen molar-refractivity contribution in [1.82, 2.24) is 0 Å². The summed E-state index contributed by atoms with van der Waals surface area (Å²) in [7, 11) is -9.93. The minimum atomic E-state index is -4.96. The molecule has 7 atom stereocenters. The minimum Gasteiger partial charge on any atom is -0.462 e. The molecule has 0 saturated carbocycles. The van der Waals surface area contributed by atoms with Gasteiger partial charge in [-0.15, -0.1) is 0 Å². The van der Waals surface area contributed by atoms with Crippen molar-refractivity contribution in [3.05, 3.63) is 0 Å². The topological polar surface area (TPSA) is 237 Å². The van der Waals surface area contributed by atoms with Gasteiger partial charge in [-0.05, 0) is 37.5 Å². The highest BCUT2D eigenvalue weighted by atomic mass is 31.2. The van der Waals surface area contributed by atoms with Gasteiger partial charge in [0, 0.05) is 25.7 Å². The molecule has 0 bridgehead atoms. The van der Waals surface area contributed by atoms with Crippen molar-refractivity contribution in [2.24, 2.45) is 11.8 Å². The Morgan fingerprint density at radius 1 is 0.272 bits per heavy atom. The average molecular weight is 1510 g/mol. The van der Waals surface area contributed by atoms with Crippen molar-refractivity contribution >= 4 is 39.5 Å². The van der Waals surface area contributed by atoms with Crippen LogP contribution in [-0.2, 0) is 65.4 Å². The van der Waals surface area contributed by atoms with E-state index in [2.05, 4.69) is 41.5 Å². The second-order valence-electron chi connectivity index (χ2n) is 30.7. The Morgan fingerprint density at radius 2 is 0.466 bits per heavy atom. The van der Waals surface area contributed by atoms with Crippen LogP contribution in [0.1, 0.15) is 446 Å². The molecule has 0 radical (unpaired) electrons. The first kappa shape index (κ1) is 101. The molecule has 17 nitrogen and oxygen atoms in total. The van der Waals surface area contributed by atoms with Crippen LogP contribution < -0.4 is 0 Å². The van der Waals surface area contributed by atoms with Gasteiger partial charge in [-0.1, -0.05) is 395 Å². The fraction of sp³-hybridized carbons (Fsp3) is 0.952. The van der Waals surface area contributed by atoms with E-state index < -0.39 is 97.5 Å². The summed E-state index contributed by atoms with van der Waals surface area (Å²) in [6.45, 7) is 9.78. The van der Waals surface area contributed by atoms with Crippen LogP contribution >= 0.6 is 15.6 Å². The Bertz CT molecular complexity index is 1980. The first-order chi connectivity index (χ1) is 49.9. The van der Waals surface area contributed by atoms with Crippen LogP contribution in [0, 0.1) is 11.8 Å². The highest BCUT2D eigenvalue weighted by Crippen LogP contribution is 2.45. The van der Waals surface area contributed by atoms with Crippen molar-refractivity contribution in [2.75, 3.05) is 39.6 Å². The lowest BCUT2D eigenvalue weighted by atomic mass is 9.99. The zero-order chi connectivity index (χ0) is 75.6. The third-order valence-electron chi connectivity index (χ3n) is 20.4. The fourth-order valence-electron chi connectivity index (χ4n) is 13.0. The highest BCUT2D eigenvalue weighted by molar-refractivity contribution is 7.47. The van der Waals surface area contributed by atoms with Gasteiger partial charge in [0.05, 0.1) is 26.4 Å². The molecule has 0 aliphatic rings. The van der Waals surface area contributed by atoms with Gasteiger partial charge in [0.2, 0.25) is 0 Å². The molecule has 0 heterocycles. The third kappa shape index (κ3) is 75.3. The normalized spacial score (nSPS) is 14.4. The summed E-state index contributed by atoms with van der Waals surface area (Å²) in [5.41, 5.74) is 0. The van der Waals surface area contributed by atoms with E-state index in [1.54, 1.807) is 0 Å². The summed E-state index contributed by atoms with van der Waals surface area (Å²) in [5.74, 6) is -0.405. The summed E-state index contributed by atoms with van der Waals surface area (Å²) in [5, 5.41) is 10.7. The Hall–Kier alpha value is -1.94. The molecule has 0 aliphatic heterocycles. The Morgan fingerprint density at radius 3 is 0.689 bits per heavy atom. The molecule has 0 aromatic heterocycles. The van der Waals surface area contributed by atoms with Crippen molar-refractivity contribution in [3.63, 3.8) is 0 Å². The Kier molecular flexibility index (Phi) is 74.1. The number of phosphoric acid groups is 2. The van der Waals surface area contributed by atoms with Crippen molar-refractivity contribution in [2.45, 2.75) is 464 Å². The maximum absolute atomic E-state index is 13.1. The SMILES string of the molecule is CCCCCCCCCCCCCCCCC(=O)O[C@H](COC(=O)CCCCCCCCCCCCCCC)COP(=O)(O)OC[C@H](O)COP(=O)(O)OC[C@@H](COC(=O)CCCCCCCCCCCCCCCCC(C)CC)OC(=O)CCCCCCCCCCCCCCCCC(C)CC. The molecule has 3 N–H and O–H groups in total. The molecule has 0 aromatic carbocycles. The predicted octanol–water partition coefficient (Wildman–Crippen LogP) is 25.5. The number of aliphatic hydroxyl groups excluding tert-OH is 1. The summed E-state index contributed by atoms with van der Waals surface area (Å²) < 4.78 is 68.9. The van der Waals surface area contributed by atoms with E-state index in [9.17, 15) is 43.2 Å². The van der Waals surface area contributed by atoms with Crippen LogP contribution in [0.4, 0.5) is 0 Å². The van der Waals surface area contributed by atoms with E-state index in [1.807, 2.05) is 0 Å². The van der Waals surface area contributed by atoms with Crippen LogP contribution in [0.2, 0.25) is 0 Å². The summed E-state index contributed by atoms with van der Waals surface area (Å²) in [6, 6.07) is 0. The Labute approximate surface area is 632 Å². The van der Waals surface area contributed by atoms with Crippen LogP contribution in [0.5, 0.6) is 0 Å². The number of carbonyl (C=O) groups is 4. The second-order valence-corrected chi connectivity index (χ2v) is 33.6. The number of unbranched alkanes of at least 4 members (excludes halogenated alkanes) is 51. The summed E-state index contributed by atoms with van der Waals surface area (Å²) in [4.78, 5) is 73.2. The number of rotatable bonds is 83. The molecular formula is C84H164O17P2. The molecule has 0 fully saturated rings. The molecule has 0 aliphatic carbocycles. The smallest absolute Gasteiger partial charge is 0.462 e. The first-order valence-electron chi connectivity index (χ1n) is 43.6. The standard InChI is InChI=1S/C84H164O17P2/c1-7-11-13-15-17-19-21-23-31-38-44-50-56-62-68-83(88)100-79(72-94-81(86)66-60-54-48-42-36-28-22-20-18-16-14-12-8-2)74-98-102(90,91)96-70-78(85)71-97-103(92,93)99-75-80(101-84(89)69-63-57-51-45-39-33-27-25-30-35-41-47-53-59-65-77(6)10-4)73-95-82(87)67-61-55-49-43-37-32-26-24-29-34-40-46-52-58-64-76(5)9-3/h76-80,85H,7-75H2,1-6H3,(H,90,91)(H,92,93)/t76?,77?,78-,79+,80+/m0/s1. The van der Waals surface area contributed by atoms with E-state index in [0.29, 0.717) is 25.7 Å². The van der Waals surface area contributed by atoms with Gasteiger partial charge in [-0.3, -0.25) is 37.3 Å². The lowest BCUT2D eigenvalue weighted by Crippen LogP contribution is -2.30. The van der Waals surface area contributed by atoms with Gasteiger partial charge >= 0.3 is 39.5 Å². The molecule has 0 amide bonds. The number of carbonyl (C=O) groups excluding carboxylic acids is 4. The van der Waals surface area contributed by atoms with Gasteiger partial charge in [0.1, 0.15) is 19.3 Å². The van der Waals surface area contributed by atoms with Gasteiger partial charge in [-0.2, -0.15) is 0 Å². The number of phosphoric ester groups is 2. The van der Waals surface area contributed by atoms with Crippen LogP contribution in [0.15, 0.2) is 0 Å². The number of aliphatic hydroxyl groups is 1. The quantitative estimate of drug-likeness (QED) is 0.0222. The lowest BCUT2D eigenvalue weighted by molar-refractivity contribution is -0.161. The first-order valence-corrected chi connectivity index (χ1v) is 46.6. The van der Waals surface area contributed by atoms with Gasteiger partial charge < -0.3 is 33.8 Å². The maximum Gasteiger partial charge on any atom is 0.472 e. The number of esters is 4. The van der Waals surface area contributed by atoms with Crippen molar-refractivity contribution in [3.8, 4) is 0 Å². The molecule has 0 aromatic rings. The van der Waals surface area contributed by atoms with E-state index in [0.717, 1.165) is 102 Å². The van der Waals surface area contributed by atoms with Gasteiger partial charge in [0.15, 0.2) is 12.2 Å². The lowest BCUT2D eigenvalue weighted by Gasteiger charge is -2.21. The third-order valence-corrected chi connectivity index (χ3v) is 22.3. The molecule has 0 spiro atoms. The molecular weight excluding hydrogens is 1340 g/mol. The molecule has 0 saturated heterocycles. The molecule has 0 rings (SSSR count). The van der Waals surface area contributed by atoms with Gasteiger partial charge in [-0.25, -0.2) is 9.13 Å². The Balaban J connectivity index is 5.27. The van der Waals surface area contributed by atoms with Gasteiger partial charge in [0.25, 0.3) is 0 Å². The van der Waals surface area contributed by atoms with Crippen LogP contribution in [-0.4, -0.2) is 96.7 Å². The van der Waals surface area contributed by atoms with Crippen LogP contribution in [0.25, 0.3) is 0 Å². The van der Waals surface area contributed by atoms with Crippen molar-refractivity contribution < 1.29 is 80.2 Å². The summed E-state index contributed by atoms with van der Waals surface area (Å²) in [6.07, 6.45) is 66.3. The number of hydrogen-bond acceptors (Lipinski definition) is 15. The van der Waals surface area contributed by atoms with Crippen LogP contribution in [0.3, 0.4) is 0 Å². The van der Waals surface area contributed by atoms with E-state index >= 15 is 0 Å². The fourth-order valence-corrected chi connectivity index (χ4v) is 14.6. The predicted molar refractivity (Wildman–Crippen MR) is 423 cm³/mol. The largest absolute Gasteiger partial charge is 0.472 e. The molecule has 4 unspecified atom stereocenters. The average Bonchev–Trinajstić information content (AvgIpc) is 0.968. The second kappa shape index (κ2) is 75.5. The highest BCUT2D eigenvalue weighted by Gasteiger charge is 2.30. The monoisotopic (exact) mass is 1510 g/mol. The molecule has 612 valence electrons. The minimum absolute atomic E-state index is 0.108. The number of ether oxygens (including phenoxy) is 4. The molecule has 19 heteroatoms. The zero-order valence-electron chi connectivity index (χ0n) is 67.6. The zero-order valence-corrected chi connectivity index (χ0v) is 69.4. The van der Waals surface area contributed by atoms with E-state index in [1.165, 1.54) is 263 Å². The summed E-state index contributed by atoms with van der Waals surface area (Å²) >= 11 is 0. The van der Waals surface area contributed by atoms with E-state index in [4.69, 9.17) is 37.0 Å². The maximum atomic E-state index is 13.1. The van der Waals surface area contributed by atoms with Crippen molar-refractivity contribution in [1.29, 1.82) is 0 Å². The molecule has 103 heavy (non-hydrogen) atoms. The number of hydrogen-bond donors (Lipinski definition) is 3.